The number of benzene rings is 2. The number of pyridine rings is 1. The highest BCUT2D eigenvalue weighted by Gasteiger charge is 2.09. The summed E-state index contributed by atoms with van der Waals surface area (Å²) >= 11 is 0. The molecule has 0 radical (unpaired) electrons. The molecule has 0 saturated carbocycles. The summed E-state index contributed by atoms with van der Waals surface area (Å²) < 4.78 is 13.0. The van der Waals surface area contributed by atoms with Crippen molar-refractivity contribution in [2.75, 3.05) is 10.6 Å². The van der Waals surface area contributed by atoms with Crippen molar-refractivity contribution in [2.45, 2.75) is 6.54 Å². The van der Waals surface area contributed by atoms with E-state index in [4.69, 9.17) is 0 Å². The van der Waals surface area contributed by atoms with Gasteiger partial charge in [0.2, 0.25) is 5.91 Å². The van der Waals surface area contributed by atoms with Crippen molar-refractivity contribution in [1.82, 2.24) is 4.98 Å². The van der Waals surface area contributed by atoms with Crippen LogP contribution in [0.15, 0.2) is 79.5 Å². The van der Waals surface area contributed by atoms with Crippen LogP contribution >= 0.6 is 0 Å². The molecule has 0 bridgehead atoms. The maximum absolute atomic E-state index is 13.0. The van der Waals surface area contributed by atoms with Gasteiger partial charge in [-0.1, -0.05) is 24.8 Å². The summed E-state index contributed by atoms with van der Waals surface area (Å²) in [6.45, 7) is 4.00. The Morgan fingerprint density at radius 1 is 1.12 bits per heavy atom. The molecule has 0 aliphatic rings. The van der Waals surface area contributed by atoms with Crippen LogP contribution in [-0.2, 0) is 11.3 Å². The molecule has 1 amide bonds. The van der Waals surface area contributed by atoms with Gasteiger partial charge in [-0.05, 0) is 54.1 Å². The molecule has 0 aliphatic heterocycles. The fourth-order valence-corrected chi connectivity index (χ4v) is 2.50. The second kappa shape index (κ2) is 8.07. The zero-order valence-electron chi connectivity index (χ0n) is 14.1. The molecule has 4 nitrogen and oxygen atoms in total. The van der Waals surface area contributed by atoms with Gasteiger partial charge in [0.15, 0.2) is 0 Å². The molecular formula is C21H18FN3O. The number of nitrogens with one attached hydrogen (secondary N) is 2. The van der Waals surface area contributed by atoms with Crippen LogP contribution in [0.1, 0.15) is 5.56 Å². The first-order chi connectivity index (χ1) is 12.7. The molecule has 26 heavy (non-hydrogen) atoms. The molecule has 0 spiro atoms. The van der Waals surface area contributed by atoms with E-state index in [1.54, 1.807) is 24.4 Å². The quantitative estimate of drug-likeness (QED) is 0.640. The Hall–Kier alpha value is -3.47. The van der Waals surface area contributed by atoms with Gasteiger partial charge in [-0.15, -0.1) is 0 Å². The number of rotatable bonds is 6. The van der Waals surface area contributed by atoms with E-state index in [-0.39, 0.29) is 11.7 Å². The number of carbonyl (C=O) groups is 1. The minimum Gasteiger partial charge on any atom is -0.380 e. The van der Waals surface area contributed by atoms with Crippen LogP contribution in [0.3, 0.4) is 0 Å². The van der Waals surface area contributed by atoms with Crippen molar-refractivity contribution in [2.24, 2.45) is 0 Å². The molecule has 0 unspecified atom stereocenters. The van der Waals surface area contributed by atoms with Gasteiger partial charge in [-0.25, -0.2) is 4.39 Å². The summed E-state index contributed by atoms with van der Waals surface area (Å²) in [5, 5.41) is 6.10. The molecule has 1 heterocycles. The Kier molecular flexibility index (Phi) is 5.39. The van der Waals surface area contributed by atoms with Crippen molar-refractivity contribution < 1.29 is 9.18 Å². The SMILES string of the molecule is C=CC(=O)Nc1ccc(NCc2ccc(F)cc2)c(-c2ccccn2)c1. The van der Waals surface area contributed by atoms with Crippen molar-refractivity contribution in [3.8, 4) is 11.3 Å². The predicted octanol–water partition coefficient (Wildman–Crippen LogP) is 4.62. The predicted molar refractivity (Wildman–Crippen MR) is 102 cm³/mol. The summed E-state index contributed by atoms with van der Waals surface area (Å²) in [5.74, 6) is -0.533. The fourth-order valence-electron chi connectivity index (χ4n) is 2.50. The van der Waals surface area contributed by atoms with Crippen molar-refractivity contribution in [3.63, 3.8) is 0 Å². The third-order valence-corrected chi connectivity index (χ3v) is 3.81. The summed E-state index contributed by atoms with van der Waals surface area (Å²) in [6, 6.07) is 17.5. The van der Waals surface area contributed by atoms with E-state index >= 15 is 0 Å². The lowest BCUT2D eigenvalue weighted by atomic mass is 10.1. The molecule has 3 rings (SSSR count). The van der Waals surface area contributed by atoms with E-state index in [0.29, 0.717) is 12.2 Å². The summed E-state index contributed by atoms with van der Waals surface area (Å²) in [6.07, 6.45) is 2.94. The lowest BCUT2D eigenvalue weighted by Gasteiger charge is -2.14. The molecule has 1 aromatic heterocycles. The first-order valence-electron chi connectivity index (χ1n) is 8.13. The number of anilines is 2. The molecule has 0 saturated heterocycles. The van der Waals surface area contributed by atoms with E-state index in [1.165, 1.54) is 18.2 Å². The zero-order chi connectivity index (χ0) is 18.4. The molecule has 0 fully saturated rings. The van der Waals surface area contributed by atoms with Crippen LogP contribution in [0, 0.1) is 5.82 Å². The third kappa shape index (κ3) is 4.33. The van der Waals surface area contributed by atoms with E-state index < -0.39 is 0 Å². The topological polar surface area (TPSA) is 54.0 Å². The molecule has 2 N–H and O–H groups in total. The minimum atomic E-state index is -0.274. The van der Waals surface area contributed by atoms with E-state index in [1.807, 2.05) is 30.3 Å². The average Bonchev–Trinajstić information content (AvgIpc) is 2.68. The van der Waals surface area contributed by atoms with Gasteiger partial charge in [0.1, 0.15) is 5.82 Å². The van der Waals surface area contributed by atoms with Crippen LogP contribution in [0.2, 0.25) is 0 Å². The van der Waals surface area contributed by atoms with Gasteiger partial charge in [0.25, 0.3) is 0 Å². The Labute approximate surface area is 151 Å². The smallest absolute Gasteiger partial charge is 0.247 e. The number of hydrogen-bond donors (Lipinski definition) is 2. The van der Waals surface area contributed by atoms with Gasteiger partial charge in [-0.2, -0.15) is 0 Å². The van der Waals surface area contributed by atoms with Gasteiger partial charge in [0, 0.05) is 29.7 Å². The van der Waals surface area contributed by atoms with Gasteiger partial charge in [-0.3, -0.25) is 9.78 Å². The number of aromatic nitrogens is 1. The first kappa shape index (κ1) is 17.4. The summed E-state index contributed by atoms with van der Waals surface area (Å²) in [4.78, 5) is 16.0. The largest absolute Gasteiger partial charge is 0.380 e. The molecule has 3 aromatic rings. The molecule has 0 atom stereocenters. The van der Waals surface area contributed by atoms with E-state index in [9.17, 15) is 9.18 Å². The van der Waals surface area contributed by atoms with Gasteiger partial charge >= 0.3 is 0 Å². The van der Waals surface area contributed by atoms with Crippen LogP contribution in [0.25, 0.3) is 11.3 Å². The fraction of sp³-hybridized carbons (Fsp3) is 0.0476. The van der Waals surface area contributed by atoms with Crippen molar-refractivity contribution in [1.29, 1.82) is 0 Å². The zero-order valence-corrected chi connectivity index (χ0v) is 14.1. The first-order valence-corrected chi connectivity index (χ1v) is 8.13. The molecule has 5 heteroatoms. The summed E-state index contributed by atoms with van der Waals surface area (Å²) in [5.41, 5.74) is 4.12. The number of nitrogens with zero attached hydrogens (tertiary/aromatic N) is 1. The van der Waals surface area contributed by atoms with Crippen molar-refractivity contribution >= 4 is 17.3 Å². The highest BCUT2D eigenvalue weighted by Crippen LogP contribution is 2.30. The van der Waals surface area contributed by atoms with Crippen LogP contribution < -0.4 is 10.6 Å². The number of carbonyl (C=O) groups excluding carboxylic acids is 1. The molecule has 130 valence electrons. The van der Waals surface area contributed by atoms with Gasteiger partial charge in [0.05, 0.1) is 5.69 Å². The lowest BCUT2D eigenvalue weighted by molar-refractivity contribution is -0.111. The highest BCUT2D eigenvalue weighted by molar-refractivity contribution is 5.99. The molecule has 2 aromatic carbocycles. The van der Waals surface area contributed by atoms with Gasteiger partial charge < -0.3 is 10.6 Å². The Morgan fingerprint density at radius 2 is 1.92 bits per heavy atom. The number of hydrogen-bond acceptors (Lipinski definition) is 3. The normalized spacial score (nSPS) is 10.2. The average molecular weight is 347 g/mol. The minimum absolute atomic E-state index is 0.259. The third-order valence-electron chi connectivity index (χ3n) is 3.81. The molecular weight excluding hydrogens is 329 g/mol. The van der Waals surface area contributed by atoms with Crippen LogP contribution in [-0.4, -0.2) is 10.9 Å². The lowest BCUT2D eigenvalue weighted by Crippen LogP contribution is -2.08. The Balaban J connectivity index is 1.89. The summed E-state index contributed by atoms with van der Waals surface area (Å²) in [7, 11) is 0. The second-order valence-electron chi connectivity index (χ2n) is 5.65. The van der Waals surface area contributed by atoms with E-state index in [2.05, 4.69) is 22.2 Å². The second-order valence-corrected chi connectivity index (χ2v) is 5.65. The maximum atomic E-state index is 13.0. The van der Waals surface area contributed by atoms with E-state index in [0.717, 1.165) is 22.5 Å². The molecule has 0 aliphatic carbocycles. The Bertz CT molecular complexity index is 908. The maximum Gasteiger partial charge on any atom is 0.247 e. The van der Waals surface area contributed by atoms with Crippen molar-refractivity contribution in [3.05, 3.63) is 90.9 Å². The van der Waals surface area contributed by atoms with Crippen LogP contribution in [0.4, 0.5) is 15.8 Å². The number of amides is 1. The Morgan fingerprint density at radius 3 is 2.62 bits per heavy atom. The monoisotopic (exact) mass is 347 g/mol. The standard InChI is InChI=1S/C21H18FN3O/c1-2-21(26)25-17-10-11-20(18(13-17)19-5-3-4-12-23-19)24-14-15-6-8-16(22)9-7-15/h2-13,24H,1,14H2,(H,25,26). The highest BCUT2D eigenvalue weighted by atomic mass is 19.1. The number of halogens is 1. The van der Waals surface area contributed by atoms with Crippen LogP contribution in [0.5, 0.6) is 0 Å².